The summed E-state index contributed by atoms with van der Waals surface area (Å²) in [7, 11) is 3.57. The first-order chi connectivity index (χ1) is 17.9. The number of nitrogens with two attached hydrogens (primary N) is 1. The van der Waals surface area contributed by atoms with Crippen LogP contribution in [0.1, 0.15) is 17.7 Å². The molecule has 37 heavy (non-hydrogen) atoms. The molecule has 0 saturated heterocycles. The molecule has 0 bridgehead atoms. The van der Waals surface area contributed by atoms with Crippen molar-refractivity contribution in [3.8, 4) is 28.5 Å². The van der Waals surface area contributed by atoms with Gasteiger partial charge < -0.3 is 24.7 Å². The van der Waals surface area contributed by atoms with E-state index in [9.17, 15) is 4.79 Å². The van der Waals surface area contributed by atoms with Crippen LogP contribution in [-0.4, -0.2) is 50.5 Å². The number of methoxy groups -OCH3 is 1. The van der Waals surface area contributed by atoms with Crippen molar-refractivity contribution in [2.45, 2.75) is 13.3 Å². The summed E-state index contributed by atoms with van der Waals surface area (Å²) in [5.74, 6) is 1.89. The van der Waals surface area contributed by atoms with E-state index in [2.05, 4.69) is 27.6 Å². The van der Waals surface area contributed by atoms with E-state index in [0.29, 0.717) is 42.7 Å². The third kappa shape index (κ3) is 4.40. The number of nitrogens with zero attached hydrogens (tertiary/aromatic N) is 5. The zero-order chi connectivity index (χ0) is 26.1. The molecule has 3 aromatic heterocycles. The summed E-state index contributed by atoms with van der Waals surface area (Å²) in [5, 5.41) is 0.765. The molecule has 1 aliphatic rings. The lowest BCUT2D eigenvalue weighted by atomic mass is 9.95. The van der Waals surface area contributed by atoms with Crippen LogP contribution in [0.4, 0.5) is 5.82 Å². The molecule has 9 heteroatoms. The van der Waals surface area contributed by atoms with Gasteiger partial charge in [-0.1, -0.05) is 24.8 Å². The Morgan fingerprint density at radius 3 is 2.68 bits per heavy atom. The van der Waals surface area contributed by atoms with Gasteiger partial charge in [-0.2, -0.15) is 0 Å². The van der Waals surface area contributed by atoms with E-state index in [0.717, 1.165) is 39.0 Å². The standard InChI is InChI=1S/C28H28N6O3/c1-5-23(35)34-12-10-18(11-13-34)26-24(25-27(29)31-16-32-28(25)33(26)3)19-7-8-20(21(14-19)36-4)37-22-9-6-17(2)15-30-22/h5-10,14-16H,1,11-13H2,2-4H3,(H2,29,31,32). The number of fused-ring (bicyclic) bond motifs is 1. The molecule has 0 aliphatic carbocycles. The Labute approximate surface area is 214 Å². The summed E-state index contributed by atoms with van der Waals surface area (Å²) in [5.41, 5.74) is 12.0. The molecule has 0 radical (unpaired) electrons. The molecule has 0 saturated carbocycles. The lowest BCUT2D eigenvalue weighted by Gasteiger charge is -2.26. The van der Waals surface area contributed by atoms with Gasteiger partial charge in [0, 0.05) is 38.0 Å². The van der Waals surface area contributed by atoms with Gasteiger partial charge in [0.1, 0.15) is 17.8 Å². The zero-order valence-electron chi connectivity index (χ0n) is 21.1. The number of aromatic nitrogens is 4. The van der Waals surface area contributed by atoms with Crippen molar-refractivity contribution in [2.75, 3.05) is 25.9 Å². The predicted octanol–water partition coefficient (Wildman–Crippen LogP) is 4.52. The van der Waals surface area contributed by atoms with E-state index >= 15 is 0 Å². The van der Waals surface area contributed by atoms with Gasteiger partial charge in [0.15, 0.2) is 11.5 Å². The van der Waals surface area contributed by atoms with E-state index < -0.39 is 0 Å². The highest BCUT2D eigenvalue weighted by Crippen LogP contribution is 2.43. The summed E-state index contributed by atoms with van der Waals surface area (Å²) >= 11 is 0. The third-order valence-corrected chi connectivity index (χ3v) is 6.55. The van der Waals surface area contributed by atoms with Crippen LogP contribution >= 0.6 is 0 Å². The Hall–Kier alpha value is -4.66. The Morgan fingerprint density at radius 2 is 2.00 bits per heavy atom. The molecule has 5 rings (SSSR count). The van der Waals surface area contributed by atoms with Crippen molar-refractivity contribution < 1.29 is 14.3 Å². The fourth-order valence-electron chi connectivity index (χ4n) is 4.68. The second-order valence-corrected chi connectivity index (χ2v) is 8.85. The molecule has 0 unspecified atom stereocenters. The van der Waals surface area contributed by atoms with Gasteiger partial charge in [0.25, 0.3) is 0 Å². The first-order valence-electron chi connectivity index (χ1n) is 11.9. The number of carbonyl (C=O) groups is 1. The topological polar surface area (TPSA) is 108 Å². The maximum absolute atomic E-state index is 12.1. The van der Waals surface area contributed by atoms with Crippen molar-refractivity contribution >= 4 is 28.3 Å². The quantitative estimate of drug-likeness (QED) is 0.391. The highest BCUT2D eigenvalue weighted by molar-refractivity contribution is 6.06. The summed E-state index contributed by atoms with van der Waals surface area (Å²) < 4.78 is 13.7. The number of hydrogen-bond acceptors (Lipinski definition) is 7. The van der Waals surface area contributed by atoms with Crippen LogP contribution in [0.25, 0.3) is 27.7 Å². The highest BCUT2D eigenvalue weighted by Gasteiger charge is 2.26. The summed E-state index contributed by atoms with van der Waals surface area (Å²) in [6.45, 7) is 6.67. The Morgan fingerprint density at radius 1 is 1.16 bits per heavy atom. The molecule has 9 nitrogen and oxygen atoms in total. The van der Waals surface area contributed by atoms with Crippen LogP contribution in [0, 0.1) is 6.92 Å². The minimum absolute atomic E-state index is 0.0777. The van der Waals surface area contributed by atoms with Gasteiger partial charge in [-0.25, -0.2) is 15.0 Å². The summed E-state index contributed by atoms with van der Waals surface area (Å²) in [6.07, 6.45) is 7.32. The minimum Gasteiger partial charge on any atom is -0.493 e. The van der Waals surface area contributed by atoms with E-state index in [-0.39, 0.29) is 5.91 Å². The van der Waals surface area contributed by atoms with Crippen LogP contribution in [0.3, 0.4) is 0 Å². The van der Waals surface area contributed by atoms with E-state index in [1.807, 2.05) is 48.9 Å². The van der Waals surface area contributed by atoms with Crippen molar-refractivity contribution in [3.05, 3.63) is 72.8 Å². The number of anilines is 1. The fraction of sp³-hybridized carbons (Fsp3) is 0.214. The van der Waals surface area contributed by atoms with Crippen molar-refractivity contribution in [2.24, 2.45) is 7.05 Å². The largest absolute Gasteiger partial charge is 0.493 e. The first-order valence-corrected chi connectivity index (χ1v) is 11.9. The van der Waals surface area contributed by atoms with Crippen molar-refractivity contribution in [1.82, 2.24) is 24.4 Å². The number of rotatable bonds is 6. The normalized spacial score (nSPS) is 13.4. The smallest absolute Gasteiger partial charge is 0.246 e. The number of nitrogen functional groups attached to an aromatic ring is 1. The van der Waals surface area contributed by atoms with Crippen LogP contribution in [0.5, 0.6) is 17.4 Å². The van der Waals surface area contributed by atoms with Crippen LogP contribution < -0.4 is 15.2 Å². The molecule has 1 aromatic carbocycles. The molecule has 2 N–H and O–H groups in total. The maximum atomic E-state index is 12.1. The molecule has 1 amide bonds. The predicted molar refractivity (Wildman–Crippen MR) is 143 cm³/mol. The van der Waals surface area contributed by atoms with E-state index in [4.69, 9.17) is 15.2 Å². The third-order valence-electron chi connectivity index (χ3n) is 6.55. The van der Waals surface area contributed by atoms with Gasteiger partial charge in [0.05, 0.1) is 18.2 Å². The van der Waals surface area contributed by atoms with Gasteiger partial charge >= 0.3 is 0 Å². The minimum atomic E-state index is -0.0777. The Balaban J connectivity index is 1.63. The molecule has 188 valence electrons. The zero-order valence-corrected chi connectivity index (χ0v) is 21.1. The Kier molecular flexibility index (Phi) is 6.35. The second kappa shape index (κ2) is 9.77. The molecular formula is C28H28N6O3. The summed E-state index contributed by atoms with van der Waals surface area (Å²) in [6, 6.07) is 9.51. The van der Waals surface area contributed by atoms with E-state index in [1.165, 1.54) is 12.4 Å². The molecular weight excluding hydrogens is 468 g/mol. The lowest BCUT2D eigenvalue weighted by Crippen LogP contribution is -2.33. The van der Waals surface area contributed by atoms with Gasteiger partial charge in [-0.15, -0.1) is 0 Å². The number of carbonyl (C=O) groups excluding carboxylic acids is 1. The fourth-order valence-corrected chi connectivity index (χ4v) is 4.68. The number of aryl methyl sites for hydroxylation is 2. The lowest BCUT2D eigenvalue weighted by molar-refractivity contribution is -0.125. The average Bonchev–Trinajstić information content (AvgIpc) is 3.23. The molecule has 0 fully saturated rings. The van der Waals surface area contributed by atoms with Crippen molar-refractivity contribution in [3.63, 3.8) is 0 Å². The number of hydrogen-bond donors (Lipinski definition) is 1. The molecule has 4 aromatic rings. The highest BCUT2D eigenvalue weighted by atomic mass is 16.5. The first kappa shape index (κ1) is 24.1. The number of amides is 1. The summed E-state index contributed by atoms with van der Waals surface area (Å²) in [4.78, 5) is 27.0. The number of pyridine rings is 1. The molecule has 0 atom stereocenters. The van der Waals surface area contributed by atoms with Crippen LogP contribution in [0.2, 0.25) is 0 Å². The average molecular weight is 497 g/mol. The second-order valence-electron chi connectivity index (χ2n) is 8.85. The number of ether oxygens (including phenoxy) is 2. The Bertz CT molecular complexity index is 1540. The molecule has 0 spiro atoms. The van der Waals surface area contributed by atoms with Gasteiger partial charge in [-0.05, 0) is 48.3 Å². The van der Waals surface area contributed by atoms with Gasteiger partial charge in [-0.3, -0.25) is 4.79 Å². The SMILES string of the molecule is C=CC(=O)N1CC=C(c2c(-c3ccc(Oc4ccc(C)cn4)c(OC)c3)c3c(N)ncnc3n2C)CC1. The van der Waals surface area contributed by atoms with Crippen LogP contribution in [0.15, 0.2) is 61.6 Å². The maximum Gasteiger partial charge on any atom is 0.246 e. The van der Waals surface area contributed by atoms with E-state index in [1.54, 1.807) is 18.2 Å². The molecule has 4 heterocycles. The van der Waals surface area contributed by atoms with Crippen LogP contribution in [-0.2, 0) is 11.8 Å². The molecule has 1 aliphatic heterocycles. The van der Waals surface area contributed by atoms with Crippen molar-refractivity contribution in [1.29, 1.82) is 0 Å². The number of benzene rings is 1. The van der Waals surface area contributed by atoms with Gasteiger partial charge in [0.2, 0.25) is 11.8 Å². The monoisotopic (exact) mass is 496 g/mol.